The number of hydrogen-bond donors (Lipinski definition) is 1. The van der Waals surface area contributed by atoms with Crippen molar-refractivity contribution in [2.24, 2.45) is 0 Å². The van der Waals surface area contributed by atoms with E-state index in [1.54, 1.807) is 6.20 Å². The zero-order valence-electron chi connectivity index (χ0n) is 17.1. The van der Waals surface area contributed by atoms with Crippen molar-refractivity contribution in [2.75, 3.05) is 5.32 Å². The highest BCUT2D eigenvalue weighted by molar-refractivity contribution is 6.35. The summed E-state index contributed by atoms with van der Waals surface area (Å²) < 4.78 is 3.77. The van der Waals surface area contributed by atoms with Gasteiger partial charge >= 0.3 is 0 Å². The highest BCUT2D eigenvalue weighted by Gasteiger charge is 2.15. The number of fused-ring (bicyclic) bond motifs is 1. The van der Waals surface area contributed by atoms with Crippen LogP contribution in [0.3, 0.4) is 0 Å². The van der Waals surface area contributed by atoms with E-state index in [0.29, 0.717) is 18.0 Å². The molecule has 6 nitrogen and oxygen atoms in total. The minimum atomic E-state index is -0.0607. The third-order valence-electron chi connectivity index (χ3n) is 5.29. The molecule has 0 saturated carbocycles. The highest BCUT2D eigenvalue weighted by Crippen LogP contribution is 2.23. The molecular formula is C23H24ClN5O. The lowest BCUT2D eigenvalue weighted by atomic mass is 10.1. The Kier molecular flexibility index (Phi) is 5.86. The summed E-state index contributed by atoms with van der Waals surface area (Å²) in [6.07, 6.45) is 2.95. The summed E-state index contributed by atoms with van der Waals surface area (Å²) in [7, 11) is 0. The van der Waals surface area contributed by atoms with E-state index in [4.69, 9.17) is 11.6 Å². The van der Waals surface area contributed by atoms with Crippen LogP contribution in [-0.2, 0) is 24.3 Å². The fourth-order valence-electron chi connectivity index (χ4n) is 3.63. The Morgan fingerprint density at radius 2 is 1.83 bits per heavy atom. The molecule has 0 fully saturated rings. The number of anilines is 1. The van der Waals surface area contributed by atoms with Gasteiger partial charge in [0.05, 0.1) is 40.4 Å². The summed E-state index contributed by atoms with van der Waals surface area (Å²) in [6, 6.07) is 16.0. The van der Waals surface area contributed by atoms with Crippen molar-refractivity contribution in [3.63, 3.8) is 0 Å². The summed E-state index contributed by atoms with van der Waals surface area (Å²) in [5, 5.41) is 13.6. The first-order valence-corrected chi connectivity index (χ1v) is 10.4. The van der Waals surface area contributed by atoms with Gasteiger partial charge in [-0.3, -0.25) is 14.2 Å². The molecule has 1 amide bonds. The van der Waals surface area contributed by atoms with Crippen molar-refractivity contribution in [1.29, 1.82) is 0 Å². The minimum Gasteiger partial charge on any atom is -0.323 e. The number of carbonyl (C=O) groups excluding carboxylic acids is 1. The number of aromatic nitrogens is 4. The van der Waals surface area contributed by atoms with E-state index in [-0.39, 0.29) is 5.91 Å². The molecule has 2 heterocycles. The second-order valence-electron chi connectivity index (χ2n) is 7.34. The van der Waals surface area contributed by atoms with Gasteiger partial charge in [-0.2, -0.15) is 10.2 Å². The van der Waals surface area contributed by atoms with E-state index >= 15 is 0 Å². The van der Waals surface area contributed by atoms with Crippen LogP contribution in [-0.4, -0.2) is 25.5 Å². The molecule has 4 aromatic rings. The molecule has 0 aliphatic heterocycles. The molecule has 1 N–H and O–H groups in total. The topological polar surface area (TPSA) is 64.7 Å². The van der Waals surface area contributed by atoms with E-state index < -0.39 is 0 Å². The van der Waals surface area contributed by atoms with Gasteiger partial charge in [0.25, 0.3) is 0 Å². The lowest BCUT2D eigenvalue weighted by molar-refractivity contribution is -0.116. The molecule has 7 heteroatoms. The van der Waals surface area contributed by atoms with Crippen LogP contribution in [0.4, 0.5) is 5.69 Å². The van der Waals surface area contributed by atoms with Gasteiger partial charge in [0.2, 0.25) is 5.91 Å². The van der Waals surface area contributed by atoms with Crippen LogP contribution >= 0.6 is 11.6 Å². The Balaban J connectivity index is 1.39. The van der Waals surface area contributed by atoms with E-state index in [1.807, 2.05) is 59.6 Å². The molecule has 0 radical (unpaired) electrons. The predicted molar refractivity (Wildman–Crippen MR) is 120 cm³/mol. The first-order valence-electron chi connectivity index (χ1n) is 10.0. The van der Waals surface area contributed by atoms with Gasteiger partial charge < -0.3 is 5.32 Å². The largest absolute Gasteiger partial charge is 0.323 e. The van der Waals surface area contributed by atoms with Gasteiger partial charge in [0, 0.05) is 18.4 Å². The normalized spacial score (nSPS) is 11.2. The molecule has 154 valence electrons. The van der Waals surface area contributed by atoms with Gasteiger partial charge in [-0.05, 0) is 38.0 Å². The van der Waals surface area contributed by atoms with Crippen molar-refractivity contribution < 1.29 is 4.79 Å². The maximum atomic E-state index is 12.6. The standard InChI is InChI=1S/C23H24ClN5O/c1-16-23(17(2)28(27-16)13-11-18-7-4-3-5-8-18)26-22(30)12-14-29-21-10-6-9-20(24)19(21)15-25-29/h3-10,15H,11-14H2,1-2H3,(H,26,30). The zero-order chi connectivity index (χ0) is 21.1. The fraction of sp³-hybridized carbons (Fsp3) is 0.261. The van der Waals surface area contributed by atoms with Gasteiger partial charge in [0.15, 0.2) is 0 Å². The van der Waals surface area contributed by atoms with Crippen LogP contribution in [0.2, 0.25) is 5.02 Å². The quantitative estimate of drug-likeness (QED) is 0.467. The van der Waals surface area contributed by atoms with Gasteiger partial charge in [-0.25, -0.2) is 0 Å². The molecule has 0 aliphatic rings. The average molecular weight is 422 g/mol. The number of nitrogens with one attached hydrogen (secondary N) is 1. The SMILES string of the molecule is Cc1nn(CCc2ccccc2)c(C)c1NC(=O)CCn1ncc2c(Cl)cccc21. The number of rotatable bonds is 7. The van der Waals surface area contributed by atoms with Crippen molar-refractivity contribution in [1.82, 2.24) is 19.6 Å². The first kappa shape index (κ1) is 20.2. The molecule has 0 aliphatic carbocycles. The lowest BCUT2D eigenvalue weighted by Gasteiger charge is -2.08. The molecule has 0 atom stereocenters. The Labute approximate surface area is 180 Å². The number of aryl methyl sites for hydroxylation is 4. The van der Waals surface area contributed by atoms with Crippen LogP contribution in [0.5, 0.6) is 0 Å². The van der Waals surface area contributed by atoms with Crippen molar-refractivity contribution in [2.45, 2.75) is 39.8 Å². The molecule has 2 aromatic heterocycles. The van der Waals surface area contributed by atoms with E-state index in [0.717, 1.165) is 40.9 Å². The fourth-order valence-corrected chi connectivity index (χ4v) is 3.85. The Morgan fingerprint density at radius 1 is 1.03 bits per heavy atom. The second-order valence-corrected chi connectivity index (χ2v) is 7.75. The molecule has 0 saturated heterocycles. The van der Waals surface area contributed by atoms with Crippen molar-refractivity contribution in [3.8, 4) is 0 Å². The van der Waals surface area contributed by atoms with E-state index in [9.17, 15) is 4.79 Å². The molecule has 0 unspecified atom stereocenters. The molecule has 4 rings (SSSR count). The summed E-state index contributed by atoms with van der Waals surface area (Å²) in [6.45, 7) is 5.16. The molecule has 2 aromatic carbocycles. The van der Waals surface area contributed by atoms with Crippen LogP contribution in [0.25, 0.3) is 10.9 Å². The average Bonchev–Trinajstić information content (AvgIpc) is 3.28. The Hall–Kier alpha value is -3.12. The third kappa shape index (κ3) is 4.24. The maximum absolute atomic E-state index is 12.6. The van der Waals surface area contributed by atoms with Crippen LogP contribution < -0.4 is 5.32 Å². The zero-order valence-corrected chi connectivity index (χ0v) is 17.9. The van der Waals surface area contributed by atoms with Gasteiger partial charge in [-0.15, -0.1) is 0 Å². The van der Waals surface area contributed by atoms with E-state index in [1.165, 1.54) is 5.56 Å². The minimum absolute atomic E-state index is 0.0607. The lowest BCUT2D eigenvalue weighted by Crippen LogP contribution is -2.16. The van der Waals surface area contributed by atoms with Gasteiger partial charge in [0.1, 0.15) is 0 Å². The summed E-state index contributed by atoms with van der Waals surface area (Å²) >= 11 is 6.20. The number of benzene rings is 2. The van der Waals surface area contributed by atoms with Crippen LogP contribution in [0.15, 0.2) is 54.7 Å². The van der Waals surface area contributed by atoms with Crippen molar-refractivity contribution in [3.05, 3.63) is 76.7 Å². The van der Waals surface area contributed by atoms with Crippen LogP contribution in [0.1, 0.15) is 23.4 Å². The number of amides is 1. The Morgan fingerprint density at radius 3 is 2.63 bits per heavy atom. The predicted octanol–water partition coefficient (Wildman–Crippen LogP) is 4.77. The van der Waals surface area contributed by atoms with Gasteiger partial charge in [-0.1, -0.05) is 48.0 Å². The number of halogens is 1. The summed E-state index contributed by atoms with van der Waals surface area (Å²) in [4.78, 5) is 12.6. The Bertz CT molecular complexity index is 1180. The van der Waals surface area contributed by atoms with Crippen LogP contribution in [0, 0.1) is 13.8 Å². The molecule has 30 heavy (non-hydrogen) atoms. The third-order valence-corrected chi connectivity index (χ3v) is 5.62. The molecule has 0 bridgehead atoms. The molecular weight excluding hydrogens is 398 g/mol. The monoisotopic (exact) mass is 421 g/mol. The second kappa shape index (κ2) is 8.71. The first-order chi connectivity index (χ1) is 14.5. The number of nitrogens with zero attached hydrogens (tertiary/aromatic N) is 4. The number of hydrogen-bond acceptors (Lipinski definition) is 3. The highest BCUT2D eigenvalue weighted by atomic mass is 35.5. The summed E-state index contributed by atoms with van der Waals surface area (Å²) in [5.41, 5.74) is 4.78. The maximum Gasteiger partial charge on any atom is 0.226 e. The summed E-state index contributed by atoms with van der Waals surface area (Å²) in [5.74, 6) is -0.0607. The number of carbonyl (C=O) groups is 1. The molecule has 0 spiro atoms. The van der Waals surface area contributed by atoms with Crippen molar-refractivity contribution >= 4 is 34.1 Å². The smallest absolute Gasteiger partial charge is 0.226 e. The van der Waals surface area contributed by atoms with E-state index in [2.05, 4.69) is 27.6 Å².